The van der Waals surface area contributed by atoms with Gasteiger partial charge in [-0.05, 0) is 19.3 Å². The minimum absolute atomic E-state index is 0.0289. The second-order valence-electron chi connectivity index (χ2n) is 4.61. The van der Waals surface area contributed by atoms with Crippen LogP contribution >= 0.6 is 0 Å². The van der Waals surface area contributed by atoms with Crippen molar-refractivity contribution >= 4 is 0 Å². The summed E-state index contributed by atoms with van der Waals surface area (Å²) in [6, 6.07) is 0. The molecule has 0 aromatic carbocycles. The number of ether oxygens (including phenoxy) is 1. The molecule has 0 heterocycles. The molecule has 0 saturated carbocycles. The van der Waals surface area contributed by atoms with Gasteiger partial charge in [-0.2, -0.15) is 0 Å². The monoisotopic (exact) mass is 264 g/mol. The predicted molar refractivity (Wildman–Crippen MR) is 69.1 cm³/mol. The highest BCUT2D eigenvalue weighted by molar-refractivity contribution is 4.52. The molecule has 0 rings (SSSR count). The maximum absolute atomic E-state index is 9.42. The van der Waals surface area contributed by atoms with Crippen LogP contribution in [0.3, 0.4) is 0 Å². The highest BCUT2D eigenvalue weighted by Gasteiger charge is 2.07. The Morgan fingerprint density at radius 1 is 0.778 bits per heavy atom. The van der Waals surface area contributed by atoms with Gasteiger partial charge in [0.25, 0.3) is 0 Å². The average molecular weight is 264 g/mol. The summed E-state index contributed by atoms with van der Waals surface area (Å²) in [5, 5.41) is 35.6. The van der Waals surface area contributed by atoms with Crippen LogP contribution in [0.15, 0.2) is 0 Å². The maximum atomic E-state index is 9.42. The van der Waals surface area contributed by atoms with E-state index in [4.69, 9.17) is 20.1 Å². The zero-order chi connectivity index (χ0) is 13.6. The number of aliphatic hydroxyl groups excluding tert-OH is 4. The molecule has 0 aliphatic heterocycles. The van der Waals surface area contributed by atoms with Crippen molar-refractivity contribution in [3.05, 3.63) is 0 Å². The Labute approximate surface area is 109 Å². The number of hydrogen-bond donors (Lipinski definition) is 4. The van der Waals surface area contributed by atoms with E-state index in [1.54, 1.807) is 0 Å². The van der Waals surface area contributed by atoms with Crippen molar-refractivity contribution < 1.29 is 25.2 Å². The van der Waals surface area contributed by atoms with E-state index in [0.29, 0.717) is 6.42 Å². The summed E-state index contributed by atoms with van der Waals surface area (Å²) < 4.78 is 4.97. The largest absolute Gasteiger partial charge is 0.396 e. The fourth-order valence-electron chi connectivity index (χ4n) is 1.67. The molecule has 0 bridgehead atoms. The predicted octanol–water partition coefficient (Wildman–Crippen LogP) is 0.788. The minimum atomic E-state index is -0.911. The standard InChI is InChI=1S/C13H28O5/c14-9-7-5-3-1-2-4-6-8-13(17)18-11-12(16)10-15/h12-17H,1-11H2. The molecule has 0 saturated heterocycles. The lowest BCUT2D eigenvalue weighted by Crippen LogP contribution is -2.24. The third-order valence-corrected chi connectivity index (χ3v) is 2.80. The van der Waals surface area contributed by atoms with Crippen molar-refractivity contribution in [2.24, 2.45) is 0 Å². The normalized spacial score (nSPS) is 14.7. The summed E-state index contributed by atoms with van der Waals surface area (Å²) in [4.78, 5) is 0. The quantitative estimate of drug-likeness (QED) is 0.292. The van der Waals surface area contributed by atoms with Crippen LogP contribution in [0.4, 0.5) is 0 Å². The van der Waals surface area contributed by atoms with Crippen LogP contribution < -0.4 is 0 Å². The second kappa shape index (κ2) is 13.2. The Bertz CT molecular complexity index is 165. The van der Waals surface area contributed by atoms with Gasteiger partial charge < -0.3 is 25.2 Å². The van der Waals surface area contributed by atoms with Gasteiger partial charge in [-0.25, -0.2) is 0 Å². The summed E-state index contributed by atoms with van der Waals surface area (Å²) in [5.41, 5.74) is 0. The van der Waals surface area contributed by atoms with Gasteiger partial charge in [-0.1, -0.05) is 32.1 Å². The zero-order valence-corrected chi connectivity index (χ0v) is 11.1. The smallest absolute Gasteiger partial charge is 0.154 e. The summed E-state index contributed by atoms with van der Waals surface area (Å²) in [5.74, 6) is 0. The third-order valence-electron chi connectivity index (χ3n) is 2.80. The number of rotatable bonds is 13. The molecule has 0 fully saturated rings. The van der Waals surface area contributed by atoms with Crippen LogP contribution in [0.25, 0.3) is 0 Å². The molecule has 5 heteroatoms. The summed E-state index contributed by atoms with van der Waals surface area (Å²) in [6.07, 6.45) is 6.19. The summed E-state index contributed by atoms with van der Waals surface area (Å²) >= 11 is 0. The third kappa shape index (κ3) is 12.3. The second-order valence-corrected chi connectivity index (χ2v) is 4.61. The molecular formula is C13H28O5. The van der Waals surface area contributed by atoms with Crippen molar-refractivity contribution in [3.63, 3.8) is 0 Å². The number of aliphatic hydroxyl groups is 4. The van der Waals surface area contributed by atoms with Gasteiger partial charge in [0, 0.05) is 6.61 Å². The Kier molecular flexibility index (Phi) is 13.1. The van der Waals surface area contributed by atoms with Gasteiger partial charge in [0.15, 0.2) is 6.29 Å². The molecule has 0 aromatic heterocycles. The first-order valence-corrected chi connectivity index (χ1v) is 6.90. The molecule has 0 spiro atoms. The first-order valence-electron chi connectivity index (χ1n) is 6.90. The van der Waals surface area contributed by atoms with Crippen LogP contribution in [-0.4, -0.2) is 52.6 Å². The van der Waals surface area contributed by atoms with Crippen molar-refractivity contribution in [1.29, 1.82) is 0 Å². The van der Waals surface area contributed by atoms with E-state index in [0.717, 1.165) is 38.5 Å². The first-order chi connectivity index (χ1) is 8.70. The van der Waals surface area contributed by atoms with Crippen molar-refractivity contribution in [2.45, 2.75) is 63.8 Å². The molecule has 2 unspecified atom stereocenters. The fourth-order valence-corrected chi connectivity index (χ4v) is 1.67. The lowest BCUT2D eigenvalue weighted by Gasteiger charge is -2.14. The Morgan fingerprint density at radius 3 is 1.89 bits per heavy atom. The molecule has 110 valence electrons. The molecule has 0 amide bonds. The fraction of sp³-hybridized carbons (Fsp3) is 1.00. The molecule has 2 atom stereocenters. The number of hydrogen-bond acceptors (Lipinski definition) is 5. The van der Waals surface area contributed by atoms with Crippen LogP contribution in [0.5, 0.6) is 0 Å². The highest BCUT2D eigenvalue weighted by atomic mass is 16.6. The van der Waals surface area contributed by atoms with Gasteiger partial charge in [-0.15, -0.1) is 0 Å². The molecule has 0 aromatic rings. The van der Waals surface area contributed by atoms with E-state index in [2.05, 4.69) is 0 Å². The van der Waals surface area contributed by atoms with E-state index in [1.165, 1.54) is 6.42 Å². The molecule has 0 aliphatic carbocycles. The lowest BCUT2D eigenvalue weighted by atomic mass is 10.1. The van der Waals surface area contributed by atoms with Crippen molar-refractivity contribution in [3.8, 4) is 0 Å². The summed E-state index contributed by atoms with van der Waals surface area (Å²) in [7, 11) is 0. The van der Waals surface area contributed by atoms with Gasteiger partial charge in [-0.3, -0.25) is 0 Å². The highest BCUT2D eigenvalue weighted by Crippen LogP contribution is 2.10. The van der Waals surface area contributed by atoms with Crippen molar-refractivity contribution in [1.82, 2.24) is 0 Å². The van der Waals surface area contributed by atoms with E-state index in [9.17, 15) is 5.11 Å². The molecule has 0 aliphatic rings. The zero-order valence-electron chi connectivity index (χ0n) is 11.1. The summed E-state index contributed by atoms with van der Waals surface area (Å²) in [6.45, 7) is -0.0946. The van der Waals surface area contributed by atoms with E-state index < -0.39 is 12.4 Å². The molecule has 18 heavy (non-hydrogen) atoms. The topological polar surface area (TPSA) is 90.2 Å². The van der Waals surface area contributed by atoms with Crippen LogP contribution in [0.2, 0.25) is 0 Å². The van der Waals surface area contributed by atoms with Crippen LogP contribution in [-0.2, 0) is 4.74 Å². The van der Waals surface area contributed by atoms with Gasteiger partial charge >= 0.3 is 0 Å². The lowest BCUT2D eigenvalue weighted by molar-refractivity contribution is -0.130. The Morgan fingerprint density at radius 2 is 1.33 bits per heavy atom. The van der Waals surface area contributed by atoms with E-state index >= 15 is 0 Å². The van der Waals surface area contributed by atoms with Crippen molar-refractivity contribution in [2.75, 3.05) is 19.8 Å². The molecular weight excluding hydrogens is 236 g/mol. The van der Waals surface area contributed by atoms with Gasteiger partial charge in [0.05, 0.1) is 13.2 Å². The molecule has 4 N–H and O–H groups in total. The van der Waals surface area contributed by atoms with Gasteiger partial charge in [0.2, 0.25) is 0 Å². The van der Waals surface area contributed by atoms with E-state index in [-0.39, 0.29) is 19.8 Å². The number of unbranched alkanes of at least 4 members (excludes halogenated alkanes) is 6. The SMILES string of the molecule is OCCCCCCCCCC(O)OCC(O)CO. The van der Waals surface area contributed by atoms with Gasteiger partial charge in [0.1, 0.15) is 6.10 Å². The first kappa shape index (κ1) is 17.8. The Hall–Kier alpha value is -0.200. The molecule has 0 radical (unpaired) electrons. The van der Waals surface area contributed by atoms with Crippen LogP contribution in [0, 0.1) is 0 Å². The maximum Gasteiger partial charge on any atom is 0.154 e. The van der Waals surface area contributed by atoms with Crippen LogP contribution in [0.1, 0.15) is 51.4 Å². The molecule has 5 nitrogen and oxygen atoms in total. The Balaban J connectivity index is 3.17. The average Bonchev–Trinajstić information content (AvgIpc) is 2.39. The van der Waals surface area contributed by atoms with E-state index in [1.807, 2.05) is 0 Å². The minimum Gasteiger partial charge on any atom is -0.396 e.